The second kappa shape index (κ2) is 10.9. The number of nitrogens with one attached hydrogen (secondary N) is 2. The highest BCUT2D eigenvalue weighted by Crippen LogP contribution is 2.09. The zero-order chi connectivity index (χ0) is 17.5. The monoisotopic (exact) mass is 473 g/mol. The van der Waals surface area contributed by atoms with Crippen LogP contribution in [0.3, 0.4) is 0 Å². The van der Waals surface area contributed by atoms with Gasteiger partial charge in [-0.15, -0.1) is 24.0 Å². The molecule has 0 aliphatic heterocycles. The van der Waals surface area contributed by atoms with Gasteiger partial charge in [-0.25, -0.2) is 8.42 Å². The molecule has 8 nitrogen and oxygen atoms in total. The van der Waals surface area contributed by atoms with E-state index in [1.807, 2.05) is 20.8 Å². The number of hydrogen-bond donors (Lipinski definition) is 2. The molecular weight excluding hydrogens is 445 g/mol. The second-order valence-electron chi connectivity index (χ2n) is 5.91. The number of sulfone groups is 1. The van der Waals surface area contributed by atoms with Crippen molar-refractivity contribution in [3.05, 3.63) is 11.7 Å². The molecule has 0 aromatic carbocycles. The quantitative estimate of drug-likeness (QED) is 0.333. The summed E-state index contributed by atoms with van der Waals surface area (Å²) in [6.07, 6.45) is 2.36. The molecule has 1 rings (SSSR count). The maximum atomic E-state index is 11.2. The molecule has 0 bridgehead atoms. The third-order valence-electron chi connectivity index (χ3n) is 3.16. The van der Waals surface area contributed by atoms with E-state index in [4.69, 9.17) is 4.52 Å². The van der Waals surface area contributed by atoms with E-state index in [9.17, 15) is 8.42 Å². The van der Waals surface area contributed by atoms with Crippen LogP contribution in [0, 0.1) is 0 Å². The fourth-order valence-electron chi connectivity index (χ4n) is 1.78. The van der Waals surface area contributed by atoms with Crippen molar-refractivity contribution in [1.29, 1.82) is 0 Å². The summed E-state index contributed by atoms with van der Waals surface area (Å²) in [6.45, 7) is 6.54. The Labute approximate surface area is 161 Å². The molecule has 1 atom stereocenters. The van der Waals surface area contributed by atoms with E-state index in [1.165, 1.54) is 6.26 Å². The van der Waals surface area contributed by atoms with Crippen LogP contribution < -0.4 is 10.6 Å². The van der Waals surface area contributed by atoms with Gasteiger partial charge < -0.3 is 15.2 Å². The van der Waals surface area contributed by atoms with Crippen molar-refractivity contribution in [3.8, 4) is 0 Å². The van der Waals surface area contributed by atoms with E-state index < -0.39 is 9.84 Å². The SMILES string of the molecule is CN=C(NCCc1nc(C(C)C)no1)NC(C)CCS(C)(=O)=O.I. The first-order valence-corrected chi connectivity index (χ1v) is 9.74. The number of halogens is 1. The Morgan fingerprint density at radius 3 is 2.50 bits per heavy atom. The van der Waals surface area contributed by atoms with Gasteiger partial charge in [0, 0.05) is 38.2 Å². The van der Waals surface area contributed by atoms with Crippen molar-refractivity contribution in [3.63, 3.8) is 0 Å². The van der Waals surface area contributed by atoms with Crippen LogP contribution in [0.4, 0.5) is 0 Å². The lowest BCUT2D eigenvalue weighted by Gasteiger charge is -2.17. The molecular formula is C14H28IN5O3S. The maximum Gasteiger partial charge on any atom is 0.228 e. The normalized spacial score (nSPS) is 13.5. The Kier molecular flexibility index (Phi) is 10.4. The molecule has 0 spiro atoms. The van der Waals surface area contributed by atoms with Crippen molar-refractivity contribution in [2.45, 2.75) is 45.6 Å². The fourth-order valence-corrected chi connectivity index (χ4v) is 2.56. The topological polar surface area (TPSA) is 109 Å². The molecule has 0 saturated heterocycles. The third kappa shape index (κ3) is 9.40. The molecule has 1 heterocycles. The van der Waals surface area contributed by atoms with Crippen molar-refractivity contribution >= 4 is 39.8 Å². The number of hydrogen-bond acceptors (Lipinski definition) is 6. The Bertz CT molecular complexity index is 616. The van der Waals surface area contributed by atoms with Gasteiger partial charge in [-0.1, -0.05) is 19.0 Å². The average Bonchev–Trinajstić information content (AvgIpc) is 2.92. The molecule has 10 heteroatoms. The third-order valence-corrected chi connectivity index (χ3v) is 4.14. The van der Waals surface area contributed by atoms with E-state index in [-0.39, 0.29) is 41.7 Å². The van der Waals surface area contributed by atoms with Crippen molar-refractivity contribution < 1.29 is 12.9 Å². The zero-order valence-corrected chi connectivity index (χ0v) is 18.0. The highest BCUT2D eigenvalue weighted by atomic mass is 127. The van der Waals surface area contributed by atoms with Crippen molar-refractivity contribution in [1.82, 2.24) is 20.8 Å². The molecule has 2 N–H and O–H groups in total. The highest BCUT2D eigenvalue weighted by molar-refractivity contribution is 14.0. The van der Waals surface area contributed by atoms with Crippen LogP contribution >= 0.6 is 24.0 Å². The molecule has 0 saturated carbocycles. The van der Waals surface area contributed by atoms with Gasteiger partial charge in [0.2, 0.25) is 5.89 Å². The van der Waals surface area contributed by atoms with Gasteiger partial charge >= 0.3 is 0 Å². The van der Waals surface area contributed by atoms with Crippen LogP contribution in [0.5, 0.6) is 0 Å². The highest BCUT2D eigenvalue weighted by Gasteiger charge is 2.11. The number of aliphatic imine (C=N–C) groups is 1. The molecule has 0 amide bonds. The van der Waals surface area contributed by atoms with Crippen LogP contribution in [0.25, 0.3) is 0 Å². The van der Waals surface area contributed by atoms with Crippen LogP contribution in [0.2, 0.25) is 0 Å². The molecule has 1 aromatic rings. The van der Waals surface area contributed by atoms with Gasteiger partial charge in [0.05, 0.1) is 5.75 Å². The first kappa shape index (κ1) is 23.1. The fraction of sp³-hybridized carbons (Fsp3) is 0.786. The van der Waals surface area contributed by atoms with E-state index in [0.717, 1.165) is 0 Å². The van der Waals surface area contributed by atoms with Gasteiger partial charge in [-0.3, -0.25) is 4.99 Å². The Balaban J connectivity index is 0.00000529. The van der Waals surface area contributed by atoms with E-state index in [2.05, 4.69) is 25.8 Å². The van der Waals surface area contributed by atoms with E-state index >= 15 is 0 Å². The lowest BCUT2D eigenvalue weighted by Crippen LogP contribution is -2.43. The second-order valence-corrected chi connectivity index (χ2v) is 8.17. The summed E-state index contributed by atoms with van der Waals surface area (Å²) >= 11 is 0. The number of aromatic nitrogens is 2. The molecule has 0 fully saturated rings. The van der Waals surface area contributed by atoms with Crippen molar-refractivity contribution in [2.24, 2.45) is 4.99 Å². The first-order chi connectivity index (χ1) is 10.7. The lowest BCUT2D eigenvalue weighted by atomic mass is 10.2. The van der Waals surface area contributed by atoms with Gasteiger partial charge in [-0.2, -0.15) is 4.98 Å². The van der Waals surface area contributed by atoms with Crippen LogP contribution in [-0.2, 0) is 16.3 Å². The Morgan fingerprint density at radius 2 is 2.00 bits per heavy atom. The lowest BCUT2D eigenvalue weighted by molar-refractivity contribution is 0.371. The van der Waals surface area contributed by atoms with Gasteiger partial charge in [0.25, 0.3) is 0 Å². The van der Waals surface area contributed by atoms with Gasteiger partial charge in [0.1, 0.15) is 9.84 Å². The number of guanidine groups is 1. The first-order valence-electron chi connectivity index (χ1n) is 7.68. The smallest absolute Gasteiger partial charge is 0.228 e. The summed E-state index contributed by atoms with van der Waals surface area (Å²) in [5.41, 5.74) is 0. The van der Waals surface area contributed by atoms with Crippen LogP contribution in [0.15, 0.2) is 9.52 Å². The minimum atomic E-state index is -2.95. The molecule has 0 radical (unpaired) electrons. The van der Waals surface area contributed by atoms with E-state index in [0.29, 0.717) is 37.1 Å². The molecule has 0 aliphatic carbocycles. The number of rotatable bonds is 8. The average molecular weight is 473 g/mol. The molecule has 1 unspecified atom stereocenters. The predicted molar refractivity (Wildman–Crippen MR) is 106 cm³/mol. The minimum Gasteiger partial charge on any atom is -0.356 e. The van der Waals surface area contributed by atoms with Gasteiger partial charge in [0.15, 0.2) is 11.8 Å². The standard InChI is InChI=1S/C14H27N5O3S.HI/c1-10(2)13-18-12(22-19-13)6-8-16-14(15-4)17-11(3)7-9-23(5,20)21;/h10-11H,6-9H2,1-5H3,(H2,15,16,17);1H. The summed E-state index contributed by atoms with van der Waals surface area (Å²) in [5, 5.41) is 10.2. The molecule has 0 aliphatic rings. The summed E-state index contributed by atoms with van der Waals surface area (Å²) in [4.78, 5) is 8.42. The largest absolute Gasteiger partial charge is 0.356 e. The molecule has 1 aromatic heterocycles. The minimum absolute atomic E-state index is 0. The Morgan fingerprint density at radius 1 is 1.33 bits per heavy atom. The number of nitrogens with zero attached hydrogens (tertiary/aromatic N) is 3. The maximum absolute atomic E-state index is 11.2. The summed E-state index contributed by atoms with van der Waals surface area (Å²) in [7, 11) is -1.28. The van der Waals surface area contributed by atoms with Crippen LogP contribution in [0.1, 0.15) is 44.8 Å². The predicted octanol–water partition coefficient (Wildman–Crippen LogP) is 1.34. The van der Waals surface area contributed by atoms with E-state index in [1.54, 1.807) is 7.05 Å². The van der Waals surface area contributed by atoms with Crippen LogP contribution in [-0.4, -0.2) is 56.2 Å². The molecule has 140 valence electrons. The summed E-state index contributed by atoms with van der Waals surface area (Å²) in [6, 6.07) is 0.00636. The van der Waals surface area contributed by atoms with Gasteiger partial charge in [-0.05, 0) is 13.3 Å². The van der Waals surface area contributed by atoms with Crippen molar-refractivity contribution in [2.75, 3.05) is 25.6 Å². The summed E-state index contributed by atoms with van der Waals surface area (Å²) in [5.74, 6) is 2.30. The molecule has 24 heavy (non-hydrogen) atoms. The summed E-state index contributed by atoms with van der Waals surface area (Å²) < 4.78 is 27.5. The zero-order valence-electron chi connectivity index (χ0n) is 14.9. The Hall–Kier alpha value is -0.910.